The summed E-state index contributed by atoms with van der Waals surface area (Å²) in [6, 6.07) is 20.7. The van der Waals surface area contributed by atoms with Gasteiger partial charge in [-0.25, -0.2) is 0 Å². The number of allylic oxidation sites excluding steroid dienone is 8. The minimum atomic E-state index is 1.07. The first-order valence-corrected chi connectivity index (χ1v) is 12.4. The lowest BCUT2D eigenvalue weighted by atomic mass is 10.0. The molecular weight excluding hydrogens is 412 g/mol. The van der Waals surface area contributed by atoms with Crippen LogP contribution in [0.1, 0.15) is 38.2 Å². The minimum Gasteiger partial charge on any atom is -0.313 e. The van der Waals surface area contributed by atoms with Gasteiger partial charge in [0.2, 0.25) is 0 Å². The number of para-hydroxylation sites is 1. The van der Waals surface area contributed by atoms with Crippen LogP contribution in [0.3, 0.4) is 0 Å². The maximum atomic E-state index is 2.51. The third-order valence-corrected chi connectivity index (χ3v) is 7.62. The Bertz CT molecular complexity index is 1760. The molecule has 5 aromatic rings. The Hall–Kier alpha value is -3.78. The molecule has 7 rings (SSSR count). The summed E-state index contributed by atoms with van der Waals surface area (Å²) in [6.07, 6.45) is 15.8. The molecule has 0 bridgehead atoms. The van der Waals surface area contributed by atoms with E-state index < -0.39 is 0 Å². The molecule has 0 fully saturated rings. The normalized spacial score (nSPS) is 16.5. The highest BCUT2D eigenvalue weighted by Crippen LogP contribution is 2.41. The summed E-state index contributed by atoms with van der Waals surface area (Å²) in [4.78, 5) is 0. The number of rotatable bonds is 2. The predicted octanol–water partition coefficient (Wildman–Crippen LogP) is 8.98. The van der Waals surface area contributed by atoms with Gasteiger partial charge < -0.3 is 9.13 Å². The van der Waals surface area contributed by atoms with Crippen molar-refractivity contribution in [2.45, 2.75) is 39.5 Å². The topological polar surface area (TPSA) is 9.86 Å². The standard InChI is InChI=1S/C32H28N2/c1-21-12-15-24(16-13-21)33-29-11-7-6-10-25(29)27-19-32-28(20-31(27)33)26-17-14-22(2)18-30(26)34(32)23-8-4-3-5-9-23/h3-4,6-8,10-12,14-15,17-20H,5,9,13,16H2,1-2H3. The van der Waals surface area contributed by atoms with Crippen molar-refractivity contribution < 1.29 is 0 Å². The molecule has 0 saturated heterocycles. The van der Waals surface area contributed by atoms with Gasteiger partial charge in [0.05, 0.1) is 22.1 Å². The van der Waals surface area contributed by atoms with Crippen molar-refractivity contribution in [1.29, 1.82) is 0 Å². The van der Waals surface area contributed by atoms with E-state index in [0.717, 1.165) is 25.7 Å². The van der Waals surface area contributed by atoms with Gasteiger partial charge >= 0.3 is 0 Å². The van der Waals surface area contributed by atoms with E-state index in [9.17, 15) is 0 Å². The largest absolute Gasteiger partial charge is 0.313 e. The van der Waals surface area contributed by atoms with Crippen LogP contribution in [0, 0.1) is 6.92 Å². The van der Waals surface area contributed by atoms with Gasteiger partial charge in [0.25, 0.3) is 0 Å². The van der Waals surface area contributed by atoms with Gasteiger partial charge in [-0.15, -0.1) is 0 Å². The number of fused-ring (bicyclic) bond motifs is 6. The van der Waals surface area contributed by atoms with Crippen molar-refractivity contribution in [1.82, 2.24) is 9.13 Å². The molecule has 0 unspecified atom stereocenters. The van der Waals surface area contributed by atoms with Gasteiger partial charge in [0.15, 0.2) is 0 Å². The Morgan fingerprint density at radius 1 is 0.588 bits per heavy atom. The Morgan fingerprint density at radius 2 is 1.29 bits per heavy atom. The van der Waals surface area contributed by atoms with Gasteiger partial charge in [-0.05, 0) is 81.5 Å². The Labute approximate surface area is 199 Å². The van der Waals surface area contributed by atoms with E-state index in [2.05, 4.69) is 108 Å². The summed E-state index contributed by atoms with van der Waals surface area (Å²) in [5.41, 5.74) is 10.8. The van der Waals surface area contributed by atoms with Crippen LogP contribution < -0.4 is 0 Å². The molecule has 2 aliphatic rings. The van der Waals surface area contributed by atoms with Crippen LogP contribution in [-0.2, 0) is 0 Å². The number of hydrogen-bond acceptors (Lipinski definition) is 0. The van der Waals surface area contributed by atoms with Crippen molar-refractivity contribution in [3.63, 3.8) is 0 Å². The fourth-order valence-electron chi connectivity index (χ4n) is 5.90. The molecule has 2 heteroatoms. The zero-order chi connectivity index (χ0) is 22.8. The number of nitrogens with zero attached hydrogens (tertiary/aromatic N) is 2. The number of aryl methyl sites for hydroxylation is 1. The Kier molecular flexibility index (Phi) is 4.26. The zero-order valence-electron chi connectivity index (χ0n) is 19.8. The van der Waals surface area contributed by atoms with Crippen LogP contribution in [0.15, 0.2) is 90.6 Å². The second-order valence-electron chi connectivity index (χ2n) is 9.89. The fourth-order valence-corrected chi connectivity index (χ4v) is 5.90. The molecule has 0 atom stereocenters. The molecule has 2 aliphatic carbocycles. The summed E-state index contributed by atoms with van der Waals surface area (Å²) in [6.45, 7) is 4.42. The molecule has 2 nitrogen and oxygen atoms in total. The van der Waals surface area contributed by atoms with Gasteiger partial charge in [0, 0.05) is 32.9 Å². The van der Waals surface area contributed by atoms with Crippen LogP contribution in [0.25, 0.3) is 55.0 Å². The molecule has 0 aliphatic heterocycles. The zero-order valence-corrected chi connectivity index (χ0v) is 19.8. The van der Waals surface area contributed by atoms with Crippen molar-refractivity contribution in [2.75, 3.05) is 0 Å². The molecule has 34 heavy (non-hydrogen) atoms. The lowest BCUT2D eigenvalue weighted by Crippen LogP contribution is -2.00. The summed E-state index contributed by atoms with van der Waals surface area (Å²) < 4.78 is 5.02. The molecule has 2 heterocycles. The van der Waals surface area contributed by atoms with E-state index in [4.69, 9.17) is 0 Å². The summed E-state index contributed by atoms with van der Waals surface area (Å²) in [5, 5.41) is 5.34. The molecule has 3 aromatic carbocycles. The Morgan fingerprint density at radius 3 is 2.03 bits per heavy atom. The fraction of sp³-hybridized carbons (Fsp3) is 0.188. The van der Waals surface area contributed by atoms with Crippen LogP contribution >= 0.6 is 0 Å². The lowest BCUT2D eigenvalue weighted by Gasteiger charge is -2.16. The summed E-state index contributed by atoms with van der Waals surface area (Å²) in [5.74, 6) is 0. The number of benzene rings is 3. The second kappa shape index (κ2) is 7.36. The second-order valence-corrected chi connectivity index (χ2v) is 9.89. The predicted molar refractivity (Wildman–Crippen MR) is 147 cm³/mol. The van der Waals surface area contributed by atoms with Gasteiger partial charge in [0.1, 0.15) is 0 Å². The highest BCUT2D eigenvalue weighted by atomic mass is 15.0. The van der Waals surface area contributed by atoms with Crippen LogP contribution in [0.5, 0.6) is 0 Å². The summed E-state index contributed by atoms with van der Waals surface area (Å²) in [7, 11) is 0. The van der Waals surface area contributed by atoms with Gasteiger partial charge in [-0.3, -0.25) is 0 Å². The Balaban J connectivity index is 1.64. The van der Waals surface area contributed by atoms with Crippen LogP contribution in [-0.4, -0.2) is 9.13 Å². The van der Waals surface area contributed by atoms with Crippen molar-refractivity contribution in [2.24, 2.45) is 0 Å². The van der Waals surface area contributed by atoms with E-state index in [1.165, 1.54) is 66.1 Å². The van der Waals surface area contributed by atoms with E-state index in [-0.39, 0.29) is 0 Å². The molecule has 166 valence electrons. The monoisotopic (exact) mass is 440 g/mol. The SMILES string of the molecule is CC1=CC=C(n2c3ccccc3c3cc4c(cc32)c2ccc(C)cc2n4C2=CC=CCC2)CC1. The van der Waals surface area contributed by atoms with E-state index >= 15 is 0 Å². The van der Waals surface area contributed by atoms with Crippen molar-refractivity contribution in [3.8, 4) is 0 Å². The summed E-state index contributed by atoms with van der Waals surface area (Å²) >= 11 is 0. The van der Waals surface area contributed by atoms with Crippen LogP contribution in [0.2, 0.25) is 0 Å². The third-order valence-electron chi connectivity index (χ3n) is 7.62. The third kappa shape index (κ3) is 2.81. The minimum absolute atomic E-state index is 1.07. The first-order chi connectivity index (χ1) is 16.7. The highest BCUT2D eigenvalue weighted by Gasteiger charge is 2.20. The molecular formula is C32H28N2. The lowest BCUT2D eigenvalue weighted by molar-refractivity contribution is 0.927. The van der Waals surface area contributed by atoms with E-state index in [0.29, 0.717) is 0 Å². The van der Waals surface area contributed by atoms with Crippen molar-refractivity contribution >= 4 is 55.0 Å². The maximum absolute atomic E-state index is 2.51. The average molecular weight is 441 g/mol. The molecule has 0 saturated carbocycles. The number of aromatic nitrogens is 2. The van der Waals surface area contributed by atoms with Gasteiger partial charge in [-0.1, -0.05) is 54.1 Å². The van der Waals surface area contributed by atoms with E-state index in [1.807, 2.05) is 0 Å². The van der Waals surface area contributed by atoms with Crippen molar-refractivity contribution in [3.05, 3.63) is 96.1 Å². The first-order valence-electron chi connectivity index (χ1n) is 12.4. The molecule has 0 spiro atoms. The highest BCUT2D eigenvalue weighted by molar-refractivity contribution is 6.19. The van der Waals surface area contributed by atoms with Gasteiger partial charge in [-0.2, -0.15) is 0 Å². The molecule has 0 radical (unpaired) electrons. The van der Waals surface area contributed by atoms with Crippen LogP contribution in [0.4, 0.5) is 0 Å². The van der Waals surface area contributed by atoms with E-state index in [1.54, 1.807) is 0 Å². The molecule has 0 N–H and O–H groups in total. The molecule has 2 aromatic heterocycles. The number of hydrogen-bond donors (Lipinski definition) is 0. The average Bonchev–Trinajstić information content (AvgIpc) is 3.35. The quantitative estimate of drug-likeness (QED) is 0.259. The first kappa shape index (κ1) is 19.7. The maximum Gasteiger partial charge on any atom is 0.0545 e. The molecule has 0 amide bonds. The smallest absolute Gasteiger partial charge is 0.0545 e.